The van der Waals surface area contributed by atoms with E-state index in [1.165, 1.54) is 0 Å². The minimum absolute atomic E-state index is 0.0664. The van der Waals surface area contributed by atoms with Crippen molar-refractivity contribution in [3.05, 3.63) is 26.9 Å². The summed E-state index contributed by atoms with van der Waals surface area (Å²) in [7, 11) is 0. The molecule has 18 heavy (non-hydrogen) atoms. The maximum atomic E-state index is 11.9. The molecule has 0 aromatic carbocycles. The van der Waals surface area contributed by atoms with Crippen molar-refractivity contribution in [2.75, 3.05) is 13.1 Å². The number of hydrogen-bond acceptors (Lipinski definition) is 3. The van der Waals surface area contributed by atoms with Gasteiger partial charge in [-0.3, -0.25) is 9.59 Å². The van der Waals surface area contributed by atoms with Crippen LogP contribution in [-0.2, 0) is 9.59 Å². The van der Waals surface area contributed by atoms with Crippen molar-refractivity contribution in [1.29, 1.82) is 0 Å². The second-order valence-corrected chi connectivity index (χ2v) is 6.64. The van der Waals surface area contributed by atoms with E-state index in [1.807, 2.05) is 12.1 Å². The molecule has 1 atom stereocenters. The Hall–Kier alpha value is -1.14. The molecular formula is C12H13BrN2O2S. The highest BCUT2D eigenvalue weighted by Crippen LogP contribution is 2.23. The first-order valence-corrected chi connectivity index (χ1v) is 7.19. The van der Waals surface area contributed by atoms with Gasteiger partial charge in [0.1, 0.15) is 0 Å². The lowest BCUT2D eigenvalue weighted by atomic mass is 10.1. The van der Waals surface area contributed by atoms with Crippen LogP contribution < -0.4 is 5.73 Å². The molecule has 0 spiro atoms. The largest absolute Gasteiger partial charge is 0.369 e. The lowest BCUT2D eigenvalue weighted by Crippen LogP contribution is -2.30. The maximum absolute atomic E-state index is 11.9. The Labute approximate surface area is 118 Å². The van der Waals surface area contributed by atoms with E-state index in [2.05, 4.69) is 15.9 Å². The van der Waals surface area contributed by atoms with E-state index >= 15 is 0 Å². The summed E-state index contributed by atoms with van der Waals surface area (Å²) in [5.41, 5.74) is 5.23. The van der Waals surface area contributed by atoms with Crippen molar-refractivity contribution in [2.24, 2.45) is 11.7 Å². The Kier molecular flexibility index (Phi) is 4.19. The quantitative estimate of drug-likeness (QED) is 0.861. The van der Waals surface area contributed by atoms with Crippen LogP contribution in [0.5, 0.6) is 0 Å². The molecule has 1 aliphatic heterocycles. The summed E-state index contributed by atoms with van der Waals surface area (Å²) in [6, 6.07) is 3.88. The van der Waals surface area contributed by atoms with Crippen molar-refractivity contribution >= 4 is 45.2 Å². The summed E-state index contributed by atoms with van der Waals surface area (Å²) in [6.07, 6.45) is 4.00. The minimum Gasteiger partial charge on any atom is -0.369 e. The van der Waals surface area contributed by atoms with Gasteiger partial charge in [-0.1, -0.05) is 0 Å². The summed E-state index contributed by atoms with van der Waals surface area (Å²) >= 11 is 4.93. The summed E-state index contributed by atoms with van der Waals surface area (Å²) < 4.78 is 1.03. The third-order valence-electron chi connectivity index (χ3n) is 2.89. The molecule has 2 heterocycles. The molecule has 2 rings (SSSR count). The number of thiophene rings is 1. The van der Waals surface area contributed by atoms with Crippen LogP contribution in [0.4, 0.5) is 0 Å². The molecule has 1 aliphatic rings. The van der Waals surface area contributed by atoms with Crippen molar-refractivity contribution in [3.8, 4) is 0 Å². The van der Waals surface area contributed by atoms with Gasteiger partial charge in [-0.15, -0.1) is 11.3 Å². The van der Waals surface area contributed by atoms with E-state index in [4.69, 9.17) is 5.73 Å². The Morgan fingerprint density at radius 1 is 1.50 bits per heavy atom. The summed E-state index contributed by atoms with van der Waals surface area (Å²) in [4.78, 5) is 25.6. The van der Waals surface area contributed by atoms with Gasteiger partial charge in [-0.25, -0.2) is 0 Å². The van der Waals surface area contributed by atoms with Gasteiger partial charge >= 0.3 is 0 Å². The molecule has 1 aromatic rings. The maximum Gasteiger partial charge on any atom is 0.246 e. The number of nitrogens with two attached hydrogens (primary N) is 1. The zero-order chi connectivity index (χ0) is 13.1. The van der Waals surface area contributed by atoms with Crippen molar-refractivity contribution in [1.82, 2.24) is 4.90 Å². The number of carbonyl (C=O) groups excluding carboxylic acids is 2. The molecule has 96 valence electrons. The van der Waals surface area contributed by atoms with Crippen LogP contribution in [-0.4, -0.2) is 29.8 Å². The summed E-state index contributed by atoms with van der Waals surface area (Å²) in [6.45, 7) is 1.04. The molecule has 0 bridgehead atoms. The van der Waals surface area contributed by atoms with Gasteiger partial charge in [-0.05, 0) is 40.6 Å². The Balaban J connectivity index is 1.93. The molecule has 0 aliphatic carbocycles. The van der Waals surface area contributed by atoms with E-state index in [0.717, 1.165) is 8.66 Å². The highest BCUT2D eigenvalue weighted by molar-refractivity contribution is 9.11. The molecule has 4 nitrogen and oxygen atoms in total. The van der Waals surface area contributed by atoms with Crippen molar-refractivity contribution < 1.29 is 9.59 Å². The molecule has 0 saturated carbocycles. The molecule has 2 N–H and O–H groups in total. The highest BCUT2D eigenvalue weighted by atomic mass is 79.9. The van der Waals surface area contributed by atoms with Crippen molar-refractivity contribution in [2.45, 2.75) is 6.42 Å². The number of rotatable bonds is 3. The second-order valence-electron chi connectivity index (χ2n) is 4.15. The zero-order valence-corrected chi connectivity index (χ0v) is 12.0. The van der Waals surface area contributed by atoms with Gasteiger partial charge in [0.25, 0.3) is 0 Å². The number of primary amides is 1. The smallest absolute Gasteiger partial charge is 0.246 e. The average Bonchev–Trinajstić information content (AvgIpc) is 2.94. The van der Waals surface area contributed by atoms with E-state index in [9.17, 15) is 9.59 Å². The van der Waals surface area contributed by atoms with Crippen LogP contribution in [0.3, 0.4) is 0 Å². The topological polar surface area (TPSA) is 63.4 Å². The summed E-state index contributed by atoms with van der Waals surface area (Å²) in [5, 5.41) is 0. The van der Waals surface area contributed by atoms with E-state index in [1.54, 1.807) is 28.4 Å². The number of halogens is 1. The molecule has 0 unspecified atom stereocenters. The first kappa shape index (κ1) is 13.3. The highest BCUT2D eigenvalue weighted by Gasteiger charge is 2.28. The standard InChI is InChI=1S/C12H13BrN2O2S/c13-10-3-1-9(18-10)2-4-11(16)15-6-5-8(7-15)12(14)17/h1-4,8H,5-7H2,(H2,14,17)/b4-2+/t8-/m0/s1. The van der Waals surface area contributed by atoms with Gasteiger partial charge < -0.3 is 10.6 Å². The number of nitrogens with zero attached hydrogens (tertiary/aromatic N) is 1. The van der Waals surface area contributed by atoms with Crippen LogP contribution in [0, 0.1) is 5.92 Å². The molecule has 1 fully saturated rings. The lowest BCUT2D eigenvalue weighted by Gasteiger charge is -2.12. The van der Waals surface area contributed by atoms with E-state index in [-0.39, 0.29) is 17.7 Å². The first-order chi connectivity index (χ1) is 8.56. The Bertz CT molecular complexity index is 498. The van der Waals surface area contributed by atoms with Crippen LogP contribution in [0.1, 0.15) is 11.3 Å². The van der Waals surface area contributed by atoms with Crippen LogP contribution >= 0.6 is 27.3 Å². The third kappa shape index (κ3) is 3.20. The van der Waals surface area contributed by atoms with Gasteiger partial charge in [0.05, 0.1) is 9.70 Å². The van der Waals surface area contributed by atoms with E-state index in [0.29, 0.717) is 19.5 Å². The number of carbonyl (C=O) groups is 2. The molecule has 1 aromatic heterocycles. The lowest BCUT2D eigenvalue weighted by molar-refractivity contribution is -0.125. The Morgan fingerprint density at radius 3 is 2.83 bits per heavy atom. The molecule has 2 amide bonds. The SMILES string of the molecule is NC(=O)[C@H]1CCN(C(=O)/C=C/c2ccc(Br)s2)C1. The monoisotopic (exact) mass is 328 g/mol. The molecule has 6 heteroatoms. The van der Waals surface area contributed by atoms with Crippen molar-refractivity contribution in [3.63, 3.8) is 0 Å². The van der Waals surface area contributed by atoms with Crippen LogP contribution in [0.15, 0.2) is 22.0 Å². The normalized spacial score (nSPS) is 19.6. The summed E-state index contributed by atoms with van der Waals surface area (Å²) in [5.74, 6) is -0.585. The molecule has 0 radical (unpaired) electrons. The minimum atomic E-state index is -0.323. The fourth-order valence-electron chi connectivity index (χ4n) is 1.87. The third-order valence-corrected chi connectivity index (χ3v) is 4.48. The molecule has 1 saturated heterocycles. The Morgan fingerprint density at radius 2 is 2.28 bits per heavy atom. The van der Waals surface area contributed by atoms with Crippen LogP contribution in [0.2, 0.25) is 0 Å². The zero-order valence-electron chi connectivity index (χ0n) is 9.64. The molecular weight excluding hydrogens is 316 g/mol. The van der Waals surface area contributed by atoms with Gasteiger partial charge in [-0.2, -0.15) is 0 Å². The number of likely N-dealkylation sites (tertiary alicyclic amines) is 1. The fourth-order valence-corrected chi connectivity index (χ4v) is 3.20. The van der Waals surface area contributed by atoms with Gasteiger partial charge in [0.2, 0.25) is 11.8 Å². The average molecular weight is 329 g/mol. The number of amides is 2. The van der Waals surface area contributed by atoms with Gasteiger partial charge in [0.15, 0.2) is 0 Å². The van der Waals surface area contributed by atoms with E-state index < -0.39 is 0 Å². The fraction of sp³-hybridized carbons (Fsp3) is 0.333. The van der Waals surface area contributed by atoms with Crippen LogP contribution in [0.25, 0.3) is 6.08 Å². The first-order valence-electron chi connectivity index (χ1n) is 5.58. The second kappa shape index (κ2) is 5.67. The predicted molar refractivity (Wildman–Crippen MR) is 74.9 cm³/mol. The number of hydrogen-bond donors (Lipinski definition) is 1. The van der Waals surface area contributed by atoms with Gasteiger partial charge in [0, 0.05) is 24.0 Å². The predicted octanol–water partition coefficient (Wildman–Crippen LogP) is 1.86.